The van der Waals surface area contributed by atoms with Gasteiger partial charge in [-0.3, -0.25) is 13.9 Å². The number of aromatic nitrogens is 4. The summed E-state index contributed by atoms with van der Waals surface area (Å²) >= 11 is 7.51. The van der Waals surface area contributed by atoms with Crippen LogP contribution in [0.5, 0.6) is 0 Å². The lowest BCUT2D eigenvalue weighted by molar-refractivity contribution is 0.314. The molecule has 134 valence electrons. The van der Waals surface area contributed by atoms with Gasteiger partial charge in [0.15, 0.2) is 11.2 Å². The monoisotopic (exact) mass is 381 g/mol. The molecule has 3 aromatic heterocycles. The second kappa shape index (κ2) is 7.15. The summed E-state index contributed by atoms with van der Waals surface area (Å²) < 4.78 is 5.15. The van der Waals surface area contributed by atoms with Crippen molar-refractivity contribution >= 4 is 34.1 Å². The molecule has 25 heavy (non-hydrogen) atoms. The molecule has 0 atom stereocenters. The topological polar surface area (TPSA) is 65.1 Å². The highest BCUT2D eigenvalue weighted by atomic mass is 35.5. The molecule has 0 aromatic carbocycles. The van der Waals surface area contributed by atoms with Gasteiger partial charge in [-0.1, -0.05) is 11.6 Å². The quantitative estimate of drug-likeness (QED) is 0.651. The normalized spacial score (nSPS) is 11.7. The third-order valence-electron chi connectivity index (χ3n) is 4.18. The molecule has 0 aliphatic carbocycles. The van der Waals surface area contributed by atoms with E-state index in [-0.39, 0.29) is 11.2 Å². The van der Waals surface area contributed by atoms with Crippen LogP contribution in [0.3, 0.4) is 0 Å². The summed E-state index contributed by atoms with van der Waals surface area (Å²) in [5.74, 6) is 0. The highest BCUT2D eigenvalue weighted by molar-refractivity contribution is 7.16. The highest BCUT2D eigenvalue weighted by Gasteiger charge is 2.14. The molecule has 0 spiro atoms. The van der Waals surface area contributed by atoms with E-state index in [1.54, 1.807) is 36.3 Å². The SMILES string of the molecule is CN(CCCn1c(=O)c2c(ncn2C)n(C)c1=O)Cc1ccc(Cl)s1. The van der Waals surface area contributed by atoms with Crippen LogP contribution >= 0.6 is 22.9 Å². The van der Waals surface area contributed by atoms with Crippen LogP contribution < -0.4 is 11.2 Å². The molecule has 0 amide bonds. The minimum absolute atomic E-state index is 0.286. The molecule has 0 radical (unpaired) electrons. The lowest BCUT2D eigenvalue weighted by Crippen LogP contribution is -2.40. The van der Waals surface area contributed by atoms with Crippen LogP contribution in [0.4, 0.5) is 0 Å². The standard InChI is InChI=1S/C16H20ClN5O2S/c1-19(9-11-5-6-12(17)25-11)7-4-8-22-15(23)13-14(18-10-20(13)2)21(3)16(22)24/h5-6,10H,4,7-9H2,1-3H3. The largest absolute Gasteiger partial charge is 0.332 e. The molecule has 7 nitrogen and oxygen atoms in total. The van der Waals surface area contributed by atoms with Gasteiger partial charge in [0.05, 0.1) is 10.7 Å². The maximum atomic E-state index is 12.6. The maximum Gasteiger partial charge on any atom is 0.332 e. The first-order valence-electron chi connectivity index (χ1n) is 7.92. The number of hydrogen-bond donors (Lipinski definition) is 0. The van der Waals surface area contributed by atoms with Crippen molar-refractivity contribution in [1.29, 1.82) is 0 Å². The number of hydrogen-bond acceptors (Lipinski definition) is 5. The van der Waals surface area contributed by atoms with Gasteiger partial charge in [-0.05, 0) is 32.1 Å². The Morgan fingerprint density at radius 1 is 1.28 bits per heavy atom. The molecule has 3 aromatic rings. The Morgan fingerprint density at radius 2 is 2.04 bits per heavy atom. The second-order valence-electron chi connectivity index (χ2n) is 6.12. The molecule has 0 saturated carbocycles. The summed E-state index contributed by atoms with van der Waals surface area (Å²) in [7, 11) is 5.41. The van der Waals surface area contributed by atoms with Gasteiger partial charge in [0, 0.05) is 32.1 Å². The van der Waals surface area contributed by atoms with Crippen LogP contribution in [0.15, 0.2) is 28.0 Å². The Balaban J connectivity index is 1.72. The van der Waals surface area contributed by atoms with E-state index in [0.29, 0.717) is 24.1 Å². The van der Waals surface area contributed by atoms with Gasteiger partial charge in [-0.2, -0.15) is 0 Å². The molecule has 0 aliphatic heterocycles. The Bertz CT molecular complexity index is 1020. The lowest BCUT2D eigenvalue weighted by atomic mass is 10.3. The molecule has 3 heterocycles. The number of halogens is 1. The zero-order valence-corrected chi connectivity index (χ0v) is 16.0. The van der Waals surface area contributed by atoms with Crippen molar-refractivity contribution in [2.45, 2.75) is 19.5 Å². The van der Waals surface area contributed by atoms with Crippen LogP contribution in [0, 0.1) is 0 Å². The van der Waals surface area contributed by atoms with E-state index < -0.39 is 0 Å². The van der Waals surface area contributed by atoms with Gasteiger partial charge in [-0.25, -0.2) is 9.78 Å². The van der Waals surface area contributed by atoms with E-state index in [9.17, 15) is 9.59 Å². The van der Waals surface area contributed by atoms with Crippen molar-refractivity contribution in [3.63, 3.8) is 0 Å². The Labute approximate surface area is 153 Å². The maximum absolute atomic E-state index is 12.6. The number of fused-ring (bicyclic) bond motifs is 1. The van der Waals surface area contributed by atoms with Crippen LogP contribution in [-0.4, -0.2) is 37.2 Å². The lowest BCUT2D eigenvalue weighted by Gasteiger charge is -2.16. The van der Waals surface area contributed by atoms with Gasteiger partial charge in [0.25, 0.3) is 5.56 Å². The molecular weight excluding hydrogens is 362 g/mol. The van der Waals surface area contributed by atoms with Gasteiger partial charge >= 0.3 is 5.69 Å². The van der Waals surface area contributed by atoms with E-state index in [1.807, 2.05) is 19.2 Å². The summed E-state index contributed by atoms with van der Waals surface area (Å²) in [5.41, 5.74) is 0.249. The molecule has 3 rings (SSSR count). The molecule has 0 saturated heterocycles. The Kier molecular flexibility index (Phi) is 5.12. The summed E-state index contributed by atoms with van der Waals surface area (Å²) in [5, 5.41) is 0. The molecule has 0 aliphatic rings. The van der Waals surface area contributed by atoms with Crippen LogP contribution in [0.25, 0.3) is 11.2 Å². The molecular formula is C16H20ClN5O2S. The van der Waals surface area contributed by atoms with E-state index in [4.69, 9.17) is 11.6 Å². The van der Waals surface area contributed by atoms with E-state index in [2.05, 4.69) is 9.88 Å². The van der Waals surface area contributed by atoms with E-state index >= 15 is 0 Å². The van der Waals surface area contributed by atoms with Crippen molar-refractivity contribution in [3.05, 3.63) is 48.5 Å². The zero-order chi connectivity index (χ0) is 18.1. The highest BCUT2D eigenvalue weighted by Crippen LogP contribution is 2.22. The minimum Gasteiger partial charge on any atom is -0.328 e. The predicted molar refractivity (Wildman–Crippen MR) is 100 cm³/mol. The van der Waals surface area contributed by atoms with Crippen molar-refractivity contribution < 1.29 is 0 Å². The van der Waals surface area contributed by atoms with E-state index in [0.717, 1.165) is 17.4 Å². The number of imidazole rings is 1. The fourth-order valence-corrected chi connectivity index (χ4v) is 4.04. The smallest absolute Gasteiger partial charge is 0.328 e. The fourth-order valence-electron chi connectivity index (χ4n) is 2.87. The van der Waals surface area contributed by atoms with Crippen molar-refractivity contribution in [3.8, 4) is 0 Å². The zero-order valence-electron chi connectivity index (χ0n) is 14.4. The van der Waals surface area contributed by atoms with Crippen LogP contribution in [0.1, 0.15) is 11.3 Å². The number of nitrogens with zero attached hydrogens (tertiary/aromatic N) is 5. The van der Waals surface area contributed by atoms with Gasteiger partial charge in [-0.15, -0.1) is 11.3 Å². The predicted octanol–water partition coefficient (Wildman–Crippen LogP) is 1.67. The third-order valence-corrected chi connectivity index (χ3v) is 5.39. The van der Waals surface area contributed by atoms with Gasteiger partial charge in [0.1, 0.15) is 0 Å². The molecule has 0 N–H and O–H groups in total. The number of aryl methyl sites for hydroxylation is 2. The first kappa shape index (κ1) is 17.9. The van der Waals surface area contributed by atoms with Crippen molar-refractivity contribution in [2.24, 2.45) is 14.1 Å². The van der Waals surface area contributed by atoms with Gasteiger partial charge < -0.3 is 9.47 Å². The summed E-state index contributed by atoms with van der Waals surface area (Å²) in [6.07, 6.45) is 2.25. The summed E-state index contributed by atoms with van der Waals surface area (Å²) in [6.45, 7) is 1.95. The van der Waals surface area contributed by atoms with Crippen LogP contribution in [-0.2, 0) is 27.2 Å². The minimum atomic E-state index is -0.330. The number of thiophene rings is 1. The van der Waals surface area contributed by atoms with E-state index in [1.165, 1.54) is 14.0 Å². The molecule has 0 bridgehead atoms. The van der Waals surface area contributed by atoms with Crippen LogP contribution in [0.2, 0.25) is 4.34 Å². The van der Waals surface area contributed by atoms with Gasteiger partial charge in [0.2, 0.25) is 0 Å². The van der Waals surface area contributed by atoms with Crippen molar-refractivity contribution in [2.75, 3.05) is 13.6 Å². The Morgan fingerprint density at radius 3 is 2.72 bits per heavy atom. The third kappa shape index (κ3) is 3.56. The summed E-state index contributed by atoms with van der Waals surface area (Å²) in [6, 6.07) is 3.90. The fraction of sp³-hybridized carbons (Fsp3) is 0.438. The molecule has 9 heteroatoms. The molecule has 0 fully saturated rings. The van der Waals surface area contributed by atoms with Crippen molar-refractivity contribution in [1.82, 2.24) is 23.6 Å². The summed E-state index contributed by atoms with van der Waals surface area (Å²) in [4.78, 5) is 32.5. The Hall–Kier alpha value is -1.90. The second-order valence-corrected chi connectivity index (χ2v) is 7.92. The number of rotatable bonds is 6. The molecule has 0 unspecified atom stereocenters. The first-order chi connectivity index (χ1) is 11.9. The average Bonchev–Trinajstić information content (AvgIpc) is 3.14. The first-order valence-corrected chi connectivity index (χ1v) is 9.11. The average molecular weight is 382 g/mol.